The Bertz CT molecular complexity index is 642. The molecule has 0 N–H and O–H groups in total. The van der Waals surface area contributed by atoms with Crippen LogP contribution in [0.15, 0.2) is 18.2 Å². The molecule has 0 saturated carbocycles. The van der Waals surface area contributed by atoms with Crippen molar-refractivity contribution in [3.05, 3.63) is 28.8 Å². The maximum Gasteiger partial charge on any atom is 0.255 e. The molecule has 8 heteroatoms. The van der Waals surface area contributed by atoms with Gasteiger partial charge in [0.05, 0.1) is 35.7 Å². The van der Waals surface area contributed by atoms with E-state index in [2.05, 4.69) is 0 Å². The van der Waals surface area contributed by atoms with Gasteiger partial charge >= 0.3 is 0 Å². The number of amides is 1. The molecular formula is C13H17ClN2O4S. The summed E-state index contributed by atoms with van der Waals surface area (Å²) in [5.74, 6) is -0.170. The fraction of sp³-hybridized carbons (Fsp3) is 0.462. The normalized spacial score (nSPS) is 15.9. The Hall–Kier alpha value is -1.31. The van der Waals surface area contributed by atoms with Gasteiger partial charge in [-0.15, -0.1) is 0 Å². The van der Waals surface area contributed by atoms with Gasteiger partial charge in [-0.05, 0) is 18.2 Å². The molecule has 1 fully saturated rings. The van der Waals surface area contributed by atoms with Crippen molar-refractivity contribution in [1.82, 2.24) is 4.90 Å². The number of morpholine rings is 1. The molecular weight excluding hydrogens is 316 g/mol. The number of carbonyl (C=O) groups excluding carboxylic acids is 1. The van der Waals surface area contributed by atoms with Gasteiger partial charge < -0.3 is 9.64 Å². The average molecular weight is 333 g/mol. The monoisotopic (exact) mass is 332 g/mol. The first kappa shape index (κ1) is 16.1. The highest BCUT2D eigenvalue weighted by atomic mass is 35.5. The minimum atomic E-state index is -3.36. The van der Waals surface area contributed by atoms with Crippen LogP contribution in [0.2, 0.25) is 5.02 Å². The van der Waals surface area contributed by atoms with E-state index in [1.807, 2.05) is 0 Å². The second kappa shape index (κ2) is 6.21. The van der Waals surface area contributed by atoms with Crippen LogP contribution in [0.25, 0.3) is 0 Å². The molecule has 1 aliphatic rings. The summed E-state index contributed by atoms with van der Waals surface area (Å²) in [6.07, 6.45) is 1.10. The first-order valence-corrected chi connectivity index (χ1v) is 8.64. The number of nitrogens with zero attached hydrogens (tertiary/aromatic N) is 2. The summed E-state index contributed by atoms with van der Waals surface area (Å²) in [6, 6.07) is 4.61. The van der Waals surface area contributed by atoms with Crippen LogP contribution in [0.1, 0.15) is 10.4 Å². The van der Waals surface area contributed by atoms with Crippen LogP contribution >= 0.6 is 11.6 Å². The SMILES string of the molecule is CN(c1ccc(C(=O)N2CCOCC2)c(Cl)c1)S(C)(=O)=O. The fourth-order valence-electron chi connectivity index (χ4n) is 2.00. The van der Waals surface area contributed by atoms with Gasteiger partial charge in [-0.1, -0.05) is 11.6 Å². The molecule has 0 radical (unpaired) electrons. The summed E-state index contributed by atoms with van der Waals surface area (Å²) in [5, 5.41) is 0.236. The molecule has 0 bridgehead atoms. The van der Waals surface area contributed by atoms with E-state index in [0.29, 0.717) is 37.6 Å². The van der Waals surface area contributed by atoms with Gasteiger partial charge in [-0.25, -0.2) is 8.42 Å². The number of ether oxygens (including phenoxy) is 1. The van der Waals surface area contributed by atoms with Crippen LogP contribution in [0.3, 0.4) is 0 Å². The maximum absolute atomic E-state index is 12.4. The summed E-state index contributed by atoms with van der Waals surface area (Å²) in [6.45, 7) is 2.08. The molecule has 21 heavy (non-hydrogen) atoms. The third kappa shape index (κ3) is 3.66. The highest BCUT2D eigenvalue weighted by Crippen LogP contribution is 2.25. The summed E-state index contributed by atoms with van der Waals surface area (Å²) in [7, 11) is -1.93. The van der Waals surface area contributed by atoms with Crippen LogP contribution in [-0.2, 0) is 14.8 Å². The second-order valence-corrected chi connectivity index (χ2v) is 7.22. The molecule has 0 atom stereocenters. The third-order valence-electron chi connectivity index (χ3n) is 3.34. The number of rotatable bonds is 3. The minimum Gasteiger partial charge on any atom is -0.378 e. The number of halogens is 1. The van der Waals surface area contributed by atoms with Crippen molar-refractivity contribution in [3.63, 3.8) is 0 Å². The van der Waals surface area contributed by atoms with Crippen LogP contribution in [0.4, 0.5) is 5.69 Å². The molecule has 6 nitrogen and oxygen atoms in total. The molecule has 1 aliphatic heterocycles. The van der Waals surface area contributed by atoms with E-state index >= 15 is 0 Å². The number of sulfonamides is 1. The van der Waals surface area contributed by atoms with E-state index < -0.39 is 10.0 Å². The lowest BCUT2D eigenvalue weighted by atomic mass is 10.1. The van der Waals surface area contributed by atoms with Crippen molar-refractivity contribution in [1.29, 1.82) is 0 Å². The molecule has 0 spiro atoms. The molecule has 1 amide bonds. The topological polar surface area (TPSA) is 66.9 Å². The Balaban J connectivity index is 2.25. The molecule has 1 saturated heterocycles. The smallest absolute Gasteiger partial charge is 0.255 e. The van der Waals surface area contributed by atoms with Crippen LogP contribution in [0, 0.1) is 0 Å². The van der Waals surface area contributed by atoms with Gasteiger partial charge in [0, 0.05) is 20.1 Å². The first-order valence-electron chi connectivity index (χ1n) is 6.41. The number of hydrogen-bond acceptors (Lipinski definition) is 4. The van der Waals surface area contributed by atoms with Crippen molar-refractivity contribution in [2.45, 2.75) is 0 Å². The molecule has 116 valence electrons. The first-order chi connectivity index (χ1) is 9.80. The third-order valence-corrected chi connectivity index (χ3v) is 4.86. The molecule has 1 aromatic rings. The van der Waals surface area contributed by atoms with Gasteiger partial charge in [0.2, 0.25) is 10.0 Å². The maximum atomic E-state index is 12.4. The Morgan fingerprint density at radius 3 is 2.48 bits per heavy atom. The largest absolute Gasteiger partial charge is 0.378 e. The standard InChI is InChI=1S/C13H17ClN2O4S/c1-15(21(2,18)19)10-3-4-11(12(14)9-10)13(17)16-5-7-20-8-6-16/h3-4,9H,5-8H2,1-2H3. The Morgan fingerprint density at radius 2 is 1.95 bits per heavy atom. The lowest BCUT2D eigenvalue weighted by molar-refractivity contribution is 0.0303. The van der Waals surface area contributed by atoms with Crippen LogP contribution < -0.4 is 4.31 Å². The van der Waals surface area contributed by atoms with E-state index in [1.165, 1.54) is 13.1 Å². The molecule has 0 aromatic heterocycles. The highest BCUT2D eigenvalue weighted by molar-refractivity contribution is 7.92. The van der Waals surface area contributed by atoms with Gasteiger partial charge in [0.1, 0.15) is 0 Å². The average Bonchev–Trinajstić information content (AvgIpc) is 2.45. The highest BCUT2D eigenvalue weighted by Gasteiger charge is 2.22. The van der Waals surface area contributed by atoms with E-state index in [-0.39, 0.29) is 10.9 Å². The van der Waals surface area contributed by atoms with Gasteiger partial charge in [-0.2, -0.15) is 0 Å². The number of carbonyl (C=O) groups is 1. The van der Waals surface area contributed by atoms with Crippen molar-refractivity contribution in [3.8, 4) is 0 Å². The van der Waals surface area contributed by atoms with E-state index in [1.54, 1.807) is 17.0 Å². The fourth-order valence-corrected chi connectivity index (χ4v) is 2.75. The summed E-state index contributed by atoms with van der Waals surface area (Å²) in [5.41, 5.74) is 0.783. The lowest BCUT2D eigenvalue weighted by Gasteiger charge is -2.27. The van der Waals surface area contributed by atoms with Crippen molar-refractivity contribution in [2.24, 2.45) is 0 Å². The van der Waals surface area contributed by atoms with Crippen LogP contribution in [0.5, 0.6) is 0 Å². The van der Waals surface area contributed by atoms with E-state index in [9.17, 15) is 13.2 Å². The van der Waals surface area contributed by atoms with Crippen molar-refractivity contribution >= 4 is 33.2 Å². The van der Waals surface area contributed by atoms with E-state index in [4.69, 9.17) is 16.3 Å². The van der Waals surface area contributed by atoms with Gasteiger partial charge in [0.15, 0.2) is 0 Å². The molecule has 0 aliphatic carbocycles. The number of hydrogen-bond donors (Lipinski definition) is 0. The van der Waals surface area contributed by atoms with Crippen molar-refractivity contribution in [2.75, 3.05) is 43.9 Å². The quantitative estimate of drug-likeness (QED) is 0.834. The van der Waals surface area contributed by atoms with Crippen LogP contribution in [-0.4, -0.2) is 58.8 Å². The zero-order valence-electron chi connectivity index (χ0n) is 11.9. The molecule has 1 aromatic carbocycles. The second-order valence-electron chi connectivity index (χ2n) is 4.80. The predicted octanol–water partition coefficient (Wildman–Crippen LogP) is 1.21. The summed E-state index contributed by atoms with van der Waals surface area (Å²) >= 11 is 6.14. The molecule has 2 rings (SSSR count). The predicted molar refractivity (Wildman–Crippen MR) is 81.4 cm³/mol. The van der Waals surface area contributed by atoms with Gasteiger partial charge in [0.25, 0.3) is 5.91 Å². The number of benzene rings is 1. The zero-order chi connectivity index (χ0) is 15.6. The van der Waals surface area contributed by atoms with Gasteiger partial charge in [-0.3, -0.25) is 9.10 Å². The summed E-state index contributed by atoms with van der Waals surface area (Å²) in [4.78, 5) is 14.0. The molecule has 0 unspecified atom stereocenters. The minimum absolute atomic E-state index is 0.170. The number of anilines is 1. The Morgan fingerprint density at radius 1 is 1.33 bits per heavy atom. The van der Waals surface area contributed by atoms with Crippen molar-refractivity contribution < 1.29 is 17.9 Å². The Labute approximate surface area is 129 Å². The van der Waals surface area contributed by atoms with E-state index in [0.717, 1.165) is 10.6 Å². The molecule has 1 heterocycles. The zero-order valence-corrected chi connectivity index (χ0v) is 13.4. The summed E-state index contributed by atoms with van der Waals surface area (Å²) < 4.78 is 29.3. The lowest BCUT2D eigenvalue weighted by Crippen LogP contribution is -2.40. The Kier molecular flexibility index (Phi) is 4.75.